The number of hydrogen-bond acceptors (Lipinski definition) is 3. The van der Waals surface area contributed by atoms with E-state index in [1.54, 1.807) is 0 Å². The maximum atomic E-state index is 6.01. The molecule has 25 heavy (non-hydrogen) atoms. The van der Waals surface area contributed by atoms with Gasteiger partial charge < -0.3 is 14.8 Å². The van der Waals surface area contributed by atoms with E-state index in [0.717, 1.165) is 43.2 Å². The van der Waals surface area contributed by atoms with Crippen molar-refractivity contribution in [3.8, 4) is 11.5 Å². The summed E-state index contributed by atoms with van der Waals surface area (Å²) in [6, 6.07) is 16.4. The zero-order valence-corrected chi connectivity index (χ0v) is 15.9. The van der Waals surface area contributed by atoms with Gasteiger partial charge in [0.15, 0.2) is 0 Å². The first-order chi connectivity index (χ1) is 12.1. The fourth-order valence-electron chi connectivity index (χ4n) is 2.52. The Kier molecular flexibility index (Phi) is 7.65. The van der Waals surface area contributed by atoms with Gasteiger partial charge in [-0.05, 0) is 49.1 Å². The van der Waals surface area contributed by atoms with Gasteiger partial charge in [-0.1, -0.05) is 51.5 Å². The minimum Gasteiger partial charge on any atom is -0.491 e. The smallest absolute Gasteiger partial charge is 0.142 e. The lowest BCUT2D eigenvalue weighted by Crippen LogP contribution is -2.23. The molecule has 0 spiro atoms. The number of unbranched alkanes of at least 4 members (excludes halogenated alkanes) is 1. The molecule has 0 aliphatic carbocycles. The highest BCUT2D eigenvalue weighted by atomic mass is 16.5. The summed E-state index contributed by atoms with van der Waals surface area (Å²) in [5.74, 6) is 2.35. The van der Waals surface area contributed by atoms with Crippen molar-refractivity contribution in [2.75, 3.05) is 18.5 Å². The molecule has 3 heteroatoms. The van der Waals surface area contributed by atoms with Crippen LogP contribution in [0.5, 0.6) is 11.5 Å². The van der Waals surface area contributed by atoms with Gasteiger partial charge in [0.25, 0.3) is 0 Å². The van der Waals surface area contributed by atoms with Crippen LogP contribution in [0.2, 0.25) is 0 Å². The Balaban J connectivity index is 1.86. The molecule has 2 aromatic carbocycles. The van der Waals surface area contributed by atoms with Gasteiger partial charge in [-0.3, -0.25) is 0 Å². The summed E-state index contributed by atoms with van der Waals surface area (Å²) in [5.41, 5.74) is 2.35. The molecule has 0 aliphatic rings. The Labute approximate surface area is 152 Å². The van der Waals surface area contributed by atoms with E-state index in [0.29, 0.717) is 5.92 Å². The topological polar surface area (TPSA) is 30.5 Å². The molecule has 0 radical (unpaired) electrons. The second-order valence-electron chi connectivity index (χ2n) is 6.73. The van der Waals surface area contributed by atoms with Crippen LogP contribution in [0.4, 0.5) is 5.69 Å². The van der Waals surface area contributed by atoms with Crippen molar-refractivity contribution in [3.63, 3.8) is 0 Å². The van der Waals surface area contributed by atoms with E-state index < -0.39 is 0 Å². The number of anilines is 1. The Hall–Kier alpha value is -2.16. The van der Waals surface area contributed by atoms with E-state index in [4.69, 9.17) is 9.47 Å². The van der Waals surface area contributed by atoms with Crippen LogP contribution >= 0.6 is 0 Å². The molecule has 0 saturated carbocycles. The van der Waals surface area contributed by atoms with Crippen molar-refractivity contribution in [2.24, 2.45) is 0 Å². The van der Waals surface area contributed by atoms with E-state index in [9.17, 15) is 0 Å². The van der Waals surface area contributed by atoms with E-state index in [2.05, 4.69) is 45.1 Å². The van der Waals surface area contributed by atoms with Gasteiger partial charge in [-0.15, -0.1) is 0 Å². The predicted molar refractivity (Wildman–Crippen MR) is 106 cm³/mol. The molecule has 136 valence electrons. The molecule has 2 rings (SSSR count). The monoisotopic (exact) mass is 341 g/mol. The third-order valence-corrected chi connectivity index (χ3v) is 4.11. The molecule has 0 bridgehead atoms. The zero-order chi connectivity index (χ0) is 18.1. The number of nitrogens with one attached hydrogen (secondary N) is 1. The molecule has 1 unspecified atom stereocenters. The first-order valence-electron chi connectivity index (χ1n) is 9.32. The lowest BCUT2D eigenvalue weighted by atomic mass is 10.0. The summed E-state index contributed by atoms with van der Waals surface area (Å²) >= 11 is 0. The summed E-state index contributed by atoms with van der Waals surface area (Å²) in [5, 5.41) is 3.44. The molecular formula is C22H31NO2. The summed E-state index contributed by atoms with van der Waals surface area (Å²) < 4.78 is 11.9. The normalized spacial score (nSPS) is 12.0. The standard InChI is InChI=1S/C22H31NO2/c1-5-6-15-24-22-10-8-7-9-21(22)23-16-18(4)25-20-13-11-19(12-14-20)17(2)3/h7-14,17-18,23H,5-6,15-16H2,1-4H3. The van der Waals surface area contributed by atoms with Crippen LogP contribution < -0.4 is 14.8 Å². The van der Waals surface area contributed by atoms with Crippen molar-refractivity contribution in [2.45, 2.75) is 52.6 Å². The highest BCUT2D eigenvalue weighted by molar-refractivity contribution is 5.56. The maximum Gasteiger partial charge on any atom is 0.142 e. The third kappa shape index (κ3) is 6.33. The van der Waals surface area contributed by atoms with Gasteiger partial charge >= 0.3 is 0 Å². The van der Waals surface area contributed by atoms with Crippen LogP contribution in [0, 0.1) is 0 Å². The van der Waals surface area contributed by atoms with Gasteiger partial charge in [0.1, 0.15) is 17.6 Å². The predicted octanol–water partition coefficient (Wildman–Crippen LogP) is 5.87. The Bertz CT molecular complexity index is 622. The van der Waals surface area contributed by atoms with Gasteiger partial charge in [0, 0.05) is 0 Å². The number of para-hydroxylation sites is 2. The highest BCUT2D eigenvalue weighted by Crippen LogP contribution is 2.24. The number of rotatable bonds is 10. The molecule has 0 aliphatic heterocycles. The Morgan fingerprint density at radius 1 is 0.960 bits per heavy atom. The summed E-state index contributed by atoms with van der Waals surface area (Å²) in [6.07, 6.45) is 2.27. The van der Waals surface area contributed by atoms with Gasteiger partial charge in [-0.25, -0.2) is 0 Å². The first kappa shape index (κ1) is 19.2. The summed E-state index contributed by atoms with van der Waals surface area (Å²) in [4.78, 5) is 0. The average Bonchev–Trinajstić information content (AvgIpc) is 2.61. The Morgan fingerprint density at radius 3 is 2.36 bits per heavy atom. The van der Waals surface area contributed by atoms with Crippen molar-refractivity contribution < 1.29 is 9.47 Å². The van der Waals surface area contributed by atoms with Crippen LogP contribution in [-0.4, -0.2) is 19.3 Å². The van der Waals surface area contributed by atoms with Crippen LogP contribution in [0.25, 0.3) is 0 Å². The zero-order valence-electron chi connectivity index (χ0n) is 15.9. The molecule has 2 aromatic rings. The van der Waals surface area contributed by atoms with Crippen LogP contribution in [-0.2, 0) is 0 Å². The van der Waals surface area contributed by atoms with E-state index in [1.807, 2.05) is 36.4 Å². The van der Waals surface area contributed by atoms with Gasteiger partial charge in [-0.2, -0.15) is 0 Å². The van der Waals surface area contributed by atoms with Crippen LogP contribution in [0.3, 0.4) is 0 Å². The summed E-state index contributed by atoms with van der Waals surface area (Å²) in [7, 11) is 0. The molecule has 0 amide bonds. The molecule has 0 aromatic heterocycles. The molecule has 0 fully saturated rings. The van der Waals surface area contributed by atoms with Crippen molar-refractivity contribution in [3.05, 3.63) is 54.1 Å². The minimum absolute atomic E-state index is 0.0635. The Morgan fingerprint density at radius 2 is 1.68 bits per heavy atom. The lowest BCUT2D eigenvalue weighted by Gasteiger charge is -2.18. The van der Waals surface area contributed by atoms with E-state index in [-0.39, 0.29) is 6.10 Å². The third-order valence-electron chi connectivity index (χ3n) is 4.11. The van der Waals surface area contributed by atoms with Crippen LogP contribution in [0.1, 0.15) is 52.0 Å². The summed E-state index contributed by atoms with van der Waals surface area (Å²) in [6.45, 7) is 10.1. The SMILES string of the molecule is CCCCOc1ccccc1NCC(C)Oc1ccc(C(C)C)cc1. The number of hydrogen-bond donors (Lipinski definition) is 1. The lowest BCUT2D eigenvalue weighted by molar-refractivity contribution is 0.234. The number of benzene rings is 2. The molecule has 0 saturated heterocycles. The fraction of sp³-hybridized carbons (Fsp3) is 0.455. The molecule has 1 N–H and O–H groups in total. The minimum atomic E-state index is 0.0635. The molecule has 0 heterocycles. The quantitative estimate of drug-likeness (QED) is 0.548. The largest absolute Gasteiger partial charge is 0.491 e. The van der Waals surface area contributed by atoms with Crippen molar-refractivity contribution in [1.82, 2.24) is 0 Å². The van der Waals surface area contributed by atoms with Crippen molar-refractivity contribution >= 4 is 5.69 Å². The first-order valence-corrected chi connectivity index (χ1v) is 9.32. The molecular weight excluding hydrogens is 310 g/mol. The molecule has 1 atom stereocenters. The van der Waals surface area contributed by atoms with E-state index >= 15 is 0 Å². The highest BCUT2D eigenvalue weighted by Gasteiger charge is 2.08. The number of ether oxygens (including phenoxy) is 2. The van der Waals surface area contributed by atoms with Gasteiger partial charge in [0.2, 0.25) is 0 Å². The molecule has 3 nitrogen and oxygen atoms in total. The van der Waals surface area contributed by atoms with Gasteiger partial charge in [0.05, 0.1) is 18.8 Å². The van der Waals surface area contributed by atoms with Crippen molar-refractivity contribution in [1.29, 1.82) is 0 Å². The average molecular weight is 341 g/mol. The van der Waals surface area contributed by atoms with Crippen LogP contribution in [0.15, 0.2) is 48.5 Å². The second kappa shape index (κ2) is 9.97. The fourth-order valence-corrected chi connectivity index (χ4v) is 2.52. The maximum absolute atomic E-state index is 6.01. The second-order valence-corrected chi connectivity index (χ2v) is 6.73. The van der Waals surface area contributed by atoms with E-state index in [1.165, 1.54) is 5.56 Å².